The van der Waals surface area contributed by atoms with Crippen molar-refractivity contribution >= 4 is 28.8 Å². The molecular formula is C18H16F2N2O4S. The van der Waals surface area contributed by atoms with E-state index in [1.54, 1.807) is 17.0 Å². The summed E-state index contributed by atoms with van der Waals surface area (Å²) in [7, 11) is 0. The van der Waals surface area contributed by atoms with E-state index in [-0.39, 0.29) is 23.3 Å². The summed E-state index contributed by atoms with van der Waals surface area (Å²) < 4.78 is 35.0. The molecule has 2 aliphatic heterocycles. The van der Waals surface area contributed by atoms with Crippen LogP contribution in [0.3, 0.4) is 0 Å². The molecule has 142 valence electrons. The van der Waals surface area contributed by atoms with Gasteiger partial charge in [0.1, 0.15) is 6.04 Å². The summed E-state index contributed by atoms with van der Waals surface area (Å²) >= 11 is 1.33. The highest BCUT2D eigenvalue weighted by atomic mass is 32.1. The van der Waals surface area contributed by atoms with Crippen LogP contribution in [0.1, 0.15) is 28.9 Å². The molecule has 1 fully saturated rings. The fourth-order valence-corrected chi connectivity index (χ4v) is 3.92. The molecular weight excluding hydrogens is 378 g/mol. The Hall–Kier alpha value is -2.68. The van der Waals surface area contributed by atoms with E-state index >= 15 is 0 Å². The summed E-state index contributed by atoms with van der Waals surface area (Å²) in [6.07, 6.45) is -1.50. The minimum Gasteiger partial charge on any atom is -0.395 e. The maximum atomic E-state index is 13.1. The Morgan fingerprint density at radius 2 is 2.00 bits per heavy atom. The average molecular weight is 394 g/mol. The summed E-state index contributed by atoms with van der Waals surface area (Å²) in [4.78, 5) is 27.6. The molecule has 0 spiro atoms. The lowest BCUT2D eigenvalue weighted by molar-refractivity contribution is -0.286. The van der Waals surface area contributed by atoms with E-state index in [4.69, 9.17) is 0 Å². The zero-order valence-corrected chi connectivity index (χ0v) is 14.9. The van der Waals surface area contributed by atoms with Gasteiger partial charge >= 0.3 is 6.29 Å². The maximum absolute atomic E-state index is 13.1. The summed E-state index contributed by atoms with van der Waals surface area (Å²) in [5.74, 6) is -0.765. The van der Waals surface area contributed by atoms with E-state index in [0.29, 0.717) is 23.5 Å². The number of ether oxygens (including phenoxy) is 2. The van der Waals surface area contributed by atoms with Gasteiger partial charge in [-0.15, -0.1) is 20.1 Å². The first-order valence-corrected chi connectivity index (χ1v) is 9.36. The largest absolute Gasteiger partial charge is 0.586 e. The molecule has 3 heterocycles. The quantitative estimate of drug-likeness (QED) is 0.862. The number of carbonyl (C=O) groups excluding carboxylic acids is 2. The van der Waals surface area contributed by atoms with Gasteiger partial charge in [-0.05, 0) is 42.8 Å². The van der Waals surface area contributed by atoms with Crippen molar-refractivity contribution in [2.45, 2.75) is 31.6 Å². The van der Waals surface area contributed by atoms with Crippen molar-refractivity contribution in [2.75, 3.05) is 11.9 Å². The minimum atomic E-state index is -3.71. The van der Waals surface area contributed by atoms with Crippen LogP contribution in [0.5, 0.6) is 11.5 Å². The number of anilines is 1. The van der Waals surface area contributed by atoms with Gasteiger partial charge in [0.15, 0.2) is 11.5 Å². The maximum Gasteiger partial charge on any atom is 0.586 e. The van der Waals surface area contributed by atoms with Crippen molar-refractivity contribution in [3.63, 3.8) is 0 Å². The second kappa shape index (κ2) is 6.80. The SMILES string of the molecule is O=C(Nc1ccc2c(c1)OC(F)(F)O2)C1CCCCN1C(=O)c1cccs1. The molecule has 0 saturated carbocycles. The van der Waals surface area contributed by atoms with Crippen molar-refractivity contribution in [3.05, 3.63) is 40.6 Å². The zero-order chi connectivity index (χ0) is 19.0. The van der Waals surface area contributed by atoms with Crippen molar-refractivity contribution in [1.29, 1.82) is 0 Å². The van der Waals surface area contributed by atoms with Gasteiger partial charge in [0.05, 0.1) is 4.88 Å². The van der Waals surface area contributed by atoms with E-state index < -0.39 is 12.3 Å². The Bertz CT molecular complexity index is 872. The highest BCUT2D eigenvalue weighted by Gasteiger charge is 2.43. The van der Waals surface area contributed by atoms with E-state index in [0.717, 1.165) is 12.8 Å². The molecule has 0 radical (unpaired) electrons. The van der Waals surface area contributed by atoms with Gasteiger partial charge in [0, 0.05) is 18.3 Å². The van der Waals surface area contributed by atoms with Crippen LogP contribution in [0.2, 0.25) is 0 Å². The van der Waals surface area contributed by atoms with Gasteiger partial charge < -0.3 is 19.7 Å². The zero-order valence-electron chi connectivity index (χ0n) is 14.1. The smallest absolute Gasteiger partial charge is 0.395 e. The minimum absolute atomic E-state index is 0.0924. The molecule has 6 nitrogen and oxygen atoms in total. The molecule has 0 aliphatic carbocycles. The number of hydrogen-bond donors (Lipinski definition) is 1. The third-order valence-electron chi connectivity index (χ3n) is 4.47. The van der Waals surface area contributed by atoms with E-state index in [9.17, 15) is 18.4 Å². The fraction of sp³-hybridized carbons (Fsp3) is 0.333. The van der Waals surface area contributed by atoms with Gasteiger partial charge in [0.25, 0.3) is 5.91 Å². The molecule has 1 aromatic heterocycles. The van der Waals surface area contributed by atoms with Crippen LogP contribution in [0.25, 0.3) is 0 Å². The molecule has 2 amide bonds. The molecule has 2 aliphatic rings. The number of piperidine rings is 1. The van der Waals surface area contributed by atoms with E-state index in [1.165, 1.54) is 29.5 Å². The highest BCUT2D eigenvalue weighted by Crippen LogP contribution is 2.42. The second-order valence-corrected chi connectivity index (χ2v) is 7.25. The Morgan fingerprint density at radius 3 is 2.78 bits per heavy atom. The monoisotopic (exact) mass is 394 g/mol. The number of carbonyl (C=O) groups is 2. The number of fused-ring (bicyclic) bond motifs is 1. The number of hydrogen-bond acceptors (Lipinski definition) is 5. The number of alkyl halides is 2. The van der Waals surface area contributed by atoms with Gasteiger partial charge in [-0.1, -0.05) is 6.07 Å². The van der Waals surface area contributed by atoms with E-state index in [1.807, 2.05) is 5.38 Å². The molecule has 1 saturated heterocycles. The number of thiophene rings is 1. The molecule has 9 heteroatoms. The predicted molar refractivity (Wildman–Crippen MR) is 94.3 cm³/mol. The third-order valence-corrected chi connectivity index (χ3v) is 5.32. The highest BCUT2D eigenvalue weighted by molar-refractivity contribution is 7.12. The standard InChI is InChI=1S/C18H16F2N2O4S/c19-18(20)25-13-7-6-11(10-14(13)26-18)21-16(23)12-4-1-2-8-22(12)17(24)15-5-3-9-27-15/h3,5-7,9-10,12H,1-2,4,8H2,(H,21,23). The number of rotatable bonds is 3. The summed E-state index contributed by atoms with van der Waals surface area (Å²) in [5.41, 5.74) is 0.300. The van der Waals surface area contributed by atoms with Crippen LogP contribution in [-0.4, -0.2) is 35.6 Å². The first-order chi connectivity index (χ1) is 12.9. The number of amides is 2. The third kappa shape index (κ3) is 3.59. The lowest BCUT2D eigenvalue weighted by atomic mass is 10.0. The van der Waals surface area contributed by atoms with Crippen molar-refractivity contribution < 1.29 is 27.8 Å². The van der Waals surface area contributed by atoms with Crippen molar-refractivity contribution in [1.82, 2.24) is 4.90 Å². The first kappa shape index (κ1) is 17.7. The fourth-order valence-electron chi connectivity index (χ4n) is 3.24. The Morgan fingerprint density at radius 1 is 1.19 bits per heavy atom. The Balaban J connectivity index is 1.49. The number of nitrogens with one attached hydrogen (secondary N) is 1. The molecule has 27 heavy (non-hydrogen) atoms. The van der Waals surface area contributed by atoms with Crippen LogP contribution < -0.4 is 14.8 Å². The summed E-state index contributed by atoms with van der Waals surface area (Å²) in [5, 5.41) is 4.50. The van der Waals surface area contributed by atoms with Crippen LogP contribution >= 0.6 is 11.3 Å². The molecule has 4 rings (SSSR count). The second-order valence-electron chi connectivity index (χ2n) is 6.31. The van der Waals surface area contributed by atoms with Gasteiger partial charge in [-0.25, -0.2) is 0 Å². The topological polar surface area (TPSA) is 67.9 Å². The Labute approximate surface area is 157 Å². The molecule has 2 aromatic rings. The van der Waals surface area contributed by atoms with Crippen molar-refractivity contribution in [2.24, 2.45) is 0 Å². The lowest BCUT2D eigenvalue weighted by Crippen LogP contribution is -2.49. The lowest BCUT2D eigenvalue weighted by Gasteiger charge is -2.34. The van der Waals surface area contributed by atoms with Crippen LogP contribution in [0.4, 0.5) is 14.5 Å². The Kier molecular flexibility index (Phi) is 4.47. The van der Waals surface area contributed by atoms with Crippen LogP contribution in [-0.2, 0) is 4.79 Å². The van der Waals surface area contributed by atoms with Gasteiger partial charge in [-0.2, -0.15) is 0 Å². The van der Waals surface area contributed by atoms with Crippen LogP contribution in [0, 0.1) is 0 Å². The van der Waals surface area contributed by atoms with Crippen LogP contribution in [0.15, 0.2) is 35.7 Å². The number of nitrogens with zero attached hydrogens (tertiary/aromatic N) is 1. The molecule has 1 N–H and O–H groups in total. The number of likely N-dealkylation sites (tertiary alicyclic amines) is 1. The molecule has 0 bridgehead atoms. The normalized spacial score (nSPS) is 20.4. The molecule has 1 unspecified atom stereocenters. The predicted octanol–water partition coefficient (Wildman–Crippen LogP) is 3.70. The average Bonchev–Trinajstić information content (AvgIpc) is 3.27. The molecule has 1 aromatic carbocycles. The van der Waals surface area contributed by atoms with Crippen molar-refractivity contribution in [3.8, 4) is 11.5 Å². The summed E-state index contributed by atoms with van der Waals surface area (Å²) in [6.45, 7) is 0.502. The molecule has 1 atom stereocenters. The summed E-state index contributed by atoms with van der Waals surface area (Å²) in [6, 6.07) is 6.95. The van der Waals surface area contributed by atoms with Gasteiger partial charge in [-0.3, -0.25) is 9.59 Å². The van der Waals surface area contributed by atoms with E-state index in [2.05, 4.69) is 14.8 Å². The number of halogens is 2. The van der Waals surface area contributed by atoms with Gasteiger partial charge in [0.2, 0.25) is 5.91 Å². The first-order valence-electron chi connectivity index (χ1n) is 8.48. The number of benzene rings is 1.